The Kier molecular flexibility index (Phi) is 13.5. The molecule has 154 valence electrons. The zero-order chi connectivity index (χ0) is 19.7. The van der Waals surface area contributed by atoms with Crippen molar-refractivity contribution < 1.29 is 9.53 Å². The molecule has 0 radical (unpaired) electrons. The number of carbonyl (C=O) groups is 1. The van der Waals surface area contributed by atoms with Gasteiger partial charge in [-0.25, -0.2) is 4.79 Å². The first-order chi connectivity index (χ1) is 13.2. The third-order valence-electron chi connectivity index (χ3n) is 5.21. The second kappa shape index (κ2) is 15.5. The summed E-state index contributed by atoms with van der Waals surface area (Å²) in [6.45, 7) is 4.51. The molecule has 1 atom stereocenters. The van der Waals surface area contributed by atoms with E-state index in [-0.39, 0.29) is 5.97 Å². The fourth-order valence-corrected chi connectivity index (χ4v) is 3.47. The number of methoxy groups -OCH3 is 1. The SMILES string of the molecule is CCCCCCCCCCCCCCC(C)Nc1ccc(C(=O)OC)cc1. The number of benzene rings is 1. The Balaban J connectivity index is 1.98. The van der Waals surface area contributed by atoms with Crippen molar-refractivity contribution in [3.8, 4) is 0 Å². The molecular formula is C24H41NO2. The van der Waals surface area contributed by atoms with Crippen LogP contribution in [0.1, 0.15) is 108 Å². The first-order valence-electron chi connectivity index (χ1n) is 11.1. The number of hydrogen-bond donors (Lipinski definition) is 1. The molecule has 0 saturated heterocycles. The second-order valence-electron chi connectivity index (χ2n) is 7.79. The van der Waals surface area contributed by atoms with Gasteiger partial charge in [-0.1, -0.05) is 84.0 Å². The smallest absolute Gasteiger partial charge is 0.337 e. The van der Waals surface area contributed by atoms with Gasteiger partial charge < -0.3 is 10.1 Å². The predicted molar refractivity (Wildman–Crippen MR) is 117 cm³/mol. The lowest BCUT2D eigenvalue weighted by molar-refractivity contribution is 0.0601. The zero-order valence-electron chi connectivity index (χ0n) is 17.9. The number of rotatable bonds is 16. The highest BCUT2D eigenvalue weighted by Gasteiger charge is 2.06. The third kappa shape index (κ3) is 11.7. The van der Waals surface area contributed by atoms with Crippen LogP contribution in [0.15, 0.2) is 24.3 Å². The van der Waals surface area contributed by atoms with Crippen molar-refractivity contribution in [2.45, 2.75) is 103 Å². The summed E-state index contributed by atoms with van der Waals surface area (Å²) in [6, 6.07) is 7.97. The Labute approximate surface area is 167 Å². The monoisotopic (exact) mass is 375 g/mol. The van der Waals surface area contributed by atoms with Gasteiger partial charge in [-0.2, -0.15) is 0 Å². The highest BCUT2D eigenvalue weighted by molar-refractivity contribution is 5.89. The van der Waals surface area contributed by atoms with Gasteiger partial charge >= 0.3 is 5.97 Å². The van der Waals surface area contributed by atoms with Gasteiger partial charge in [0.05, 0.1) is 12.7 Å². The van der Waals surface area contributed by atoms with Crippen molar-refractivity contribution in [1.82, 2.24) is 0 Å². The molecule has 0 aromatic heterocycles. The Hall–Kier alpha value is -1.51. The molecule has 0 aliphatic rings. The maximum atomic E-state index is 11.4. The van der Waals surface area contributed by atoms with Crippen LogP contribution in [0.4, 0.5) is 5.69 Å². The fraction of sp³-hybridized carbons (Fsp3) is 0.708. The van der Waals surface area contributed by atoms with E-state index in [2.05, 4.69) is 19.2 Å². The lowest BCUT2D eigenvalue weighted by Gasteiger charge is -2.15. The lowest BCUT2D eigenvalue weighted by Crippen LogP contribution is -2.15. The number of esters is 1. The fourth-order valence-electron chi connectivity index (χ4n) is 3.47. The van der Waals surface area contributed by atoms with Crippen molar-refractivity contribution in [2.75, 3.05) is 12.4 Å². The van der Waals surface area contributed by atoms with Gasteiger partial charge in [-0.05, 0) is 37.6 Å². The molecule has 0 amide bonds. The Morgan fingerprint density at radius 1 is 0.852 bits per heavy atom. The van der Waals surface area contributed by atoms with E-state index < -0.39 is 0 Å². The largest absolute Gasteiger partial charge is 0.465 e. The summed E-state index contributed by atoms with van der Waals surface area (Å²) in [4.78, 5) is 11.4. The van der Waals surface area contributed by atoms with Gasteiger partial charge in [0.2, 0.25) is 0 Å². The molecule has 27 heavy (non-hydrogen) atoms. The minimum atomic E-state index is -0.286. The maximum absolute atomic E-state index is 11.4. The summed E-state index contributed by atoms with van der Waals surface area (Å²) in [7, 11) is 1.41. The van der Waals surface area contributed by atoms with Crippen LogP contribution < -0.4 is 5.32 Å². The molecule has 1 N–H and O–H groups in total. The molecule has 0 fully saturated rings. The van der Waals surface area contributed by atoms with E-state index in [4.69, 9.17) is 4.74 Å². The van der Waals surface area contributed by atoms with E-state index in [0.717, 1.165) is 5.69 Å². The number of unbranched alkanes of at least 4 members (excludes halogenated alkanes) is 11. The van der Waals surface area contributed by atoms with Crippen molar-refractivity contribution in [3.05, 3.63) is 29.8 Å². The number of hydrogen-bond acceptors (Lipinski definition) is 3. The van der Waals surface area contributed by atoms with Gasteiger partial charge in [0.25, 0.3) is 0 Å². The molecule has 0 spiro atoms. The first kappa shape index (κ1) is 23.5. The normalized spacial score (nSPS) is 12.0. The van der Waals surface area contributed by atoms with E-state index >= 15 is 0 Å². The number of anilines is 1. The minimum absolute atomic E-state index is 0.286. The molecule has 3 nitrogen and oxygen atoms in total. The summed E-state index contributed by atoms with van der Waals surface area (Å²) >= 11 is 0. The van der Waals surface area contributed by atoms with Gasteiger partial charge in [-0.15, -0.1) is 0 Å². The number of ether oxygens (including phenoxy) is 1. The van der Waals surface area contributed by atoms with Crippen LogP contribution in [0.5, 0.6) is 0 Å². The van der Waals surface area contributed by atoms with Crippen LogP contribution in [0.2, 0.25) is 0 Å². The first-order valence-corrected chi connectivity index (χ1v) is 11.1. The molecule has 1 rings (SSSR count). The molecule has 1 aromatic carbocycles. The topological polar surface area (TPSA) is 38.3 Å². The predicted octanol–water partition coefficient (Wildman–Crippen LogP) is 7.36. The average molecular weight is 376 g/mol. The Bertz CT molecular complexity index is 484. The van der Waals surface area contributed by atoms with Crippen LogP contribution in [0, 0.1) is 0 Å². The van der Waals surface area contributed by atoms with E-state index in [1.807, 2.05) is 24.3 Å². The molecule has 0 aliphatic heterocycles. The van der Waals surface area contributed by atoms with Gasteiger partial charge in [0.1, 0.15) is 0 Å². The van der Waals surface area contributed by atoms with Crippen LogP contribution in [0.3, 0.4) is 0 Å². The van der Waals surface area contributed by atoms with Crippen molar-refractivity contribution in [1.29, 1.82) is 0 Å². The van der Waals surface area contributed by atoms with Gasteiger partial charge in [0, 0.05) is 11.7 Å². The van der Waals surface area contributed by atoms with Gasteiger partial charge in [-0.3, -0.25) is 0 Å². The summed E-state index contributed by atoms with van der Waals surface area (Å²) < 4.78 is 4.72. The summed E-state index contributed by atoms with van der Waals surface area (Å²) in [5.41, 5.74) is 1.66. The summed E-state index contributed by atoms with van der Waals surface area (Å²) in [5, 5.41) is 3.51. The van der Waals surface area contributed by atoms with E-state index in [9.17, 15) is 4.79 Å². The van der Waals surface area contributed by atoms with E-state index in [1.165, 1.54) is 90.6 Å². The molecule has 0 aliphatic carbocycles. The highest BCUT2D eigenvalue weighted by atomic mass is 16.5. The second-order valence-corrected chi connectivity index (χ2v) is 7.79. The van der Waals surface area contributed by atoms with Gasteiger partial charge in [0.15, 0.2) is 0 Å². The average Bonchev–Trinajstić information content (AvgIpc) is 2.68. The van der Waals surface area contributed by atoms with Crippen LogP contribution in [-0.2, 0) is 4.74 Å². The lowest BCUT2D eigenvalue weighted by atomic mass is 10.0. The van der Waals surface area contributed by atoms with Crippen LogP contribution in [0.25, 0.3) is 0 Å². The molecule has 0 heterocycles. The summed E-state index contributed by atoms with van der Waals surface area (Å²) in [5.74, 6) is -0.286. The molecule has 1 unspecified atom stereocenters. The minimum Gasteiger partial charge on any atom is -0.465 e. The standard InChI is InChI=1S/C24H41NO2/c1-4-5-6-7-8-9-10-11-12-13-14-15-16-21(2)25-23-19-17-22(18-20-23)24(26)27-3/h17-21,25H,4-16H2,1-3H3. The van der Waals surface area contributed by atoms with Crippen LogP contribution >= 0.6 is 0 Å². The molecule has 0 bridgehead atoms. The van der Waals surface area contributed by atoms with E-state index in [0.29, 0.717) is 11.6 Å². The molecule has 1 aromatic rings. The highest BCUT2D eigenvalue weighted by Crippen LogP contribution is 2.16. The quantitative estimate of drug-likeness (QED) is 0.242. The van der Waals surface area contributed by atoms with Crippen LogP contribution in [-0.4, -0.2) is 19.1 Å². The van der Waals surface area contributed by atoms with Crippen molar-refractivity contribution in [3.63, 3.8) is 0 Å². The third-order valence-corrected chi connectivity index (χ3v) is 5.21. The summed E-state index contributed by atoms with van der Waals surface area (Å²) in [6.07, 6.45) is 17.9. The molecule has 0 saturated carbocycles. The van der Waals surface area contributed by atoms with Crippen molar-refractivity contribution >= 4 is 11.7 Å². The van der Waals surface area contributed by atoms with Crippen molar-refractivity contribution in [2.24, 2.45) is 0 Å². The molecule has 3 heteroatoms. The zero-order valence-corrected chi connectivity index (χ0v) is 17.9. The maximum Gasteiger partial charge on any atom is 0.337 e. The number of nitrogens with one attached hydrogen (secondary N) is 1. The van der Waals surface area contributed by atoms with E-state index in [1.54, 1.807) is 0 Å². The Morgan fingerprint density at radius 2 is 1.33 bits per heavy atom. The Morgan fingerprint density at radius 3 is 1.81 bits per heavy atom. The number of carbonyl (C=O) groups excluding carboxylic acids is 1. The molecular weight excluding hydrogens is 334 g/mol.